The van der Waals surface area contributed by atoms with E-state index in [0.717, 1.165) is 4.47 Å². The average Bonchev–Trinajstić information content (AvgIpc) is 3.12. The van der Waals surface area contributed by atoms with Gasteiger partial charge < -0.3 is 4.90 Å². The topological polar surface area (TPSA) is 107 Å². The Labute approximate surface area is 174 Å². The normalized spacial score (nSPS) is 28.0. The number of nitrogens with zero attached hydrogens (tertiary/aromatic N) is 3. The monoisotopic (exact) mass is 459 g/mol. The molecule has 0 radical (unpaired) electrons. The maximum absolute atomic E-state index is 13.6. The zero-order chi connectivity index (χ0) is 20.9. The van der Waals surface area contributed by atoms with Crippen LogP contribution >= 0.6 is 15.9 Å². The van der Waals surface area contributed by atoms with Gasteiger partial charge in [0.15, 0.2) is 0 Å². The summed E-state index contributed by atoms with van der Waals surface area (Å²) in [6.07, 6.45) is 0.0700. The molecule has 1 saturated carbocycles. The number of fused-ring (bicyclic) bond motifs is 2. The SMILES string of the molecule is CN1C(=O)[C@@]2(C[C@@H](C[N+](=O)[O-])[C@@H]([N+](=O)[O-])[C@@H]2c2ccc(Br)cc2)c2ccccc21. The Morgan fingerprint density at radius 1 is 1.14 bits per heavy atom. The van der Waals surface area contributed by atoms with Crippen molar-refractivity contribution in [1.29, 1.82) is 0 Å². The van der Waals surface area contributed by atoms with Crippen LogP contribution in [0.5, 0.6) is 0 Å². The fraction of sp³-hybridized carbons (Fsp3) is 0.350. The lowest BCUT2D eigenvalue weighted by Crippen LogP contribution is -2.43. The van der Waals surface area contributed by atoms with Gasteiger partial charge in [-0.15, -0.1) is 0 Å². The van der Waals surface area contributed by atoms with Crippen LogP contribution in [0.1, 0.15) is 23.5 Å². The highest BCUT2D eigenvalue weighted by Gasteiger charge is 2.68. The summed E-state index contributed by atoms with van der Waals surface area (Å²) in [4.78, 5) is 37.5. The molecule has 0 bridgehead atoms. The van der Waals surface area contributed by atoms with Crippen LogP contribution in [0.15, 0.2) is 53.0 Å². The van der Waals surface area contributed by atoms with Gasteiger partial charge in [0.25, 0.3) is 0 Å². The first-order chi connectivity index (χ1) is 13.8. The van der Waals surface area contributed by atoms with Crippen LogP contribution in [0.2, 0.25) is 0 Å². The molecule has 1 amide bonds. The second kappa shape index (κ2) is 6.91. The molecule has 150 valence electrons. The Morgan fingerprint density at radius 3 is 2.41 bits per heavy atom. The number of hydrogen-bond donors (Lipinski definition) is 0. The number of likely N-dealkylation sites (N-methyl/N-ethyl adjacent to an activating group) is 1. The van der Waals surface area contributed by atoms with E-state index in [0.29, 0.717) is 16.8 Å². The van der Waals surface area contributed by atoms with Crippen LogP contribution < -0.4 is 4.90 Å². The molecular weight excluding hydrogens is 442 g/mol. The zero-order valence-electron chi connectivity index (χ0n) is 15.5. The van der Waals surface area contributed by atoms with Crippen molar-refractivity contribution in [3.05, 3.63) is 84.4 Å². The lowest BCUT2D eigenvalue weighted by atomic mass is 9.69. The number of rotatable bonds is 4. The van der Waals surface area contributed by atoms with Crippen molar-refractivity contribution >= 4 is 27.5 Å². The highest BCUT2D eigenvalue weighted by Crippen LogP contribution is 2.60. The van der Waals surface area contributed by atoms with E-state index in [9.17, 15) is 25.0 Å². The molecule has 0 aromatic heterocycles. The molecule has 1 spiro atoms. The Balaban J connectivity index is 1.98. The molecule has 9 heteroatoms. The first kappa shape index (κ1) is 19.5. The van der Waals surface area contributed by atoms with E-state index >= 15 is 0 Å². The van der Waals surface area contributed by atoms with Gasteiger partial charge in [-0.25, -0.2) is 0 Å². The van der Waals surface area contributed by atoms with Crippen molar-refractivity contribution in [1.82, 2.24) is 0 Å². The molecule has 1 aliphatic carbocycles. The van der Waals surface area contributed by atoms with Gasteiger partial charge in [-0.05, 0) is 35.7 Å². The summed E-state index contributed by atoms with van der Waals surface area (Å²) in [5.41, 5.74) is 0.846. The van der Waals surface area contributed by atoms with E-state index in [-0.39, 0.29) is 12.3 Å². The first-order valence-corrected chi connectivity index (χ1v) is 9.95. The third kappa shape index (κ3) is 2.83. The second-order valence-corrected chi connectivity index (χ2v) is 8.55. The summed E-state index contributed by atoms with van der Waals surface area (Å²) in [6, 6.07) is 13.1. The minimum Gasteiger partial charge on any atom is -0.314 e. The van der Waals surface area contributed by atoms with Crippen molar-refractivity contribution < 1.29 is 14.6 Å². The number of benzene rings is 2. The van der Waals surface area contributed by atoms with Crippen molar-refractivity contribution in [2.45, 2.75) is 23.8 Å². The molecule has 0 saturated heterocycles. The van der Waals surface area contributed by atoms with Gasteiger partial charge in [0.2, 0.25) is 18.5 Å². The largest absolute Gasteiger partial charge is 0.314 e. The summed E-state index contributed by atoms with van der Waals surface area (Å²) in [6.45, 7) is -0.542. The van der Waals surface area contributed by atoms with Crippen LogP contribution in [0.4, 0.5) is 5.69 Å². The molecule has 1 fully saturated rings. The van der Waals surface area contributed by atoms with Gasteiger partial charge >= 0.3 is 0 Å². The molecule has 2 aromatic carbocycles. The number of halogens is 1. The van der Waals surface area contributed by atoms with Gasteiger partial charge in [0.05, 0.1) is 17.3 Å². The van der Waals surface area contributed by atoms with E-state index in [2.05, 4.69) is 15.9 Å². The van der Waals surface area contributed by atoms with Gasteiger partial charge in [0, 0.05) is 27.1 Å². The lowest BCUT2D eigenvalue weighted by molar-refractivity contribution is -0.553. The van der Waals surface area contributed by atoms with Crippen molar-refractivity contribution in [3.63, 3.8) is 0 Å². The summed E-state index contributed by atoms with van der Waals surface area (Å²) < 4.78 is 0.808. The number of hydrogen-bond acceptors (Lipinski definition) is 5. The molecule has 29 heavy (non-hydrogen) atoms. The third-order valence-electron chi connectivity index (χ3n) is 6.23. The molecular formula is C20H18BrN3O5. The number of nitro groups is 2. The summed E-state index contributed by atoms with van der Waals surface area (Å²) in [5, 5.41) is 23.4. The van der Waals surface area contributed by atoms with Crippen LogP contribution in [0.3, 0.4) is 0 Å². The zero-order valence-corrected chi connectivity index (χ0v) is 17.1. The van der Waals surface area contributed by atoms with Crippen molar-refractivity contribution in [2.75, 3.05) is 18.5 Å². The van der Waals surface area contributed by atoms with Gasteiger partial charge in [-0.3, -0.25) is 25.0 Å². The quantitative estimate of drug-likeness (QED) is 0.514. The summed E-state index contributed by atoms with van der Waals surface area (Å²) >= 11 is 3.37. The highest BCUT2D eigenvalue weighted by atomic mass is 79.9. The first-order valence-electron chi connectivity index (χ1n) is 9.16. The standard InChI is InChI=1S/C20H18BrN3O5/c1-22-16-5-3-2-4-15(16)20(19(22)25)10-13(11-23(26)27)18(24(28)29)17(20)12-6-8-14(21)9-7-12/h2-9,13,17-18H,10-11H2,1H3/t13-,17-,18+,20-/m0/s1. The van der Waals surface area contributed by atoms with E-state index < -0.39 is 39.7 Å². The number of para-hydroxylation sites is 1. The fourth-order valence-corrected chi connectivity index (χ4v) is 5.46. The molecule has 1 aliphatic heterocycles. The molecule has 0 unspecified atom stereocenters. The Morgan fingerprint density at radius 2 is 1.79 bits per heavy atom. The highest BCUT2D eigenvalue weighted by molar-refractivity contribution is 9.10. The average molecular weight is 460 g/mol. The molecule has 0 N–H and O–H groups in total. The van der Waals surface area contributed by atoms with Gasteiger partial charge in [-0.1, -0.05) is 46.3 Å². The predicted octanol–water partition coefficient (Wildman–Crippen LogP) is 3.39. The lowest BCUT2D eigenvalue weighted by Gasteiger charge is -2.30. The van der Waals surface area contributed by atoms with E-state index in [1.807, 2.05) is 18.2 Å². The van der Waals surface area contributed by atoms with Gasteiger partial charge in [0.1, 0.15) is 0 Å². The van der Waals surface area contributed by atoms with E-state index in [1.165, 1.54) is 4.90 Å². The predicted molar refractivity (Wildman–Crippen MR) is 109 cm³/mol. The molecule has 1 heterocycles. The summed E-state index contributed by atoms with van der Waals surface area (Å²) in [5.74, 6) is -1.89. The maximum atomic E-state index is 13.6. The Bertz CT molecular complexity index is 1010. The third-order valence-corrected chi connectivity index (χ3v) is 6.76. The van der Waals surface area contributed by atoms with Crippen LogP contribution in [-0.4, -0.2) is 35.4 Å². The number of anilines is 1. The fourth-order valence-electron chi connectivity index (χ4n) is 5.20. The second-order valence-electron chi connectivity index (χ2n) is 7.64. The molecule has 4 atom stereocenters. The Kier molecular flexibility index (Phi) is 4.65. The van der Waals surface area contributed by atoms with E-state index in [4.69, 9.17) is 0 Å². The van der Waals surface area contributed by atoms with Crippen LogP contribution in [-0.2, 0) is 10.2 Å². The van der Waals surface area contributed by atoms with Crippen molar-refractivity contribution in [2.24, 2.45) is 5.92 Å². The maximum Gasteiger partial charge on any atom is 0.238 e. The van der Waals surface area contributed by atoms with Crippen molar-refractivity contribution in [3.8, 4) is 0 Å². The molecule has 8 nitrogen and oxygen atoms in total. The minimum absolute atomic E-state index is 0.0700. The minimum atomic E-state index is -1.23. The summed E-state index contributed by atoms with van der Waals surface area (Å²) in [7, 11) is 1.65. The van der Waals surface area contributed by atoms with E-state index in [1.54, 1.807) is 37.4 Å². The number of amides is 1. The molecule has 4 rings (SSSR count). The smallest absolute Gasteiger partial charge is 0.238 e. The van der Waals surface area contributed by atoms with Crippen LogP contribution in [0.25, 0.3) is 0 Å². The number of carbonyl (C=O) groups is 1. The Hall–Kier alpha value is -2.81. The van der Waals surface area contributed by atoms with Gasteiger partial charge in [-0.2, -0.15) is 0 Å². The molecule has 2 aliphatic rings. The van der Waals surface area contributed by atoms with Crippen LogP contribution in [0, 0.1) is 26.1 Å². The molecule has 2 aromatic rings. The number of carbonyl (C=O) groups excluding carboxylic acids is 1.